The third kappa shape index (κ3) is 9.29. The van der Waals surface area contributed by atoms with Gasteiger partial charge in [-0.15, -0.1) is 0 Å². The first-order valence-corrected chi connectivity index (χ1v) is 11.4. The van der Waals surface area contributed by atoms with Crippen molar-refractivity contribution in [1.29, 1.82) is 0 Å². The molecule has 0 bridgehead atoms. The van der Waals surface area contributed by atoms with Crippen LogP contribution in [0.4, 0.5) is 39.5 Å². The molecule has 0 aliphatic carbocycles. The maximum Gasteiger partial charge on any atom is 0.473 e. The van der Waals surface area contributed by atoms with Gasteiger partial charge in [0.15, 0.2) is 12.3 Å². The van der Waals surface area contributed by atoms with Crippen LogP contribution in [0.2, 0.25) is 0 Å². The average Bonchev–Trinajstić information content (AvgIpc) is 2.64. The second kappa shape index (κ2) is 12.7. The number of unbranched alkanes of at least 4 members (excludes halogenated alkanes) is 2. The first-order valence-electron chi connectivity index (χ1n) is 11.4. The Morgan fingerprint density at radius 2 is 1.36 bits per heavy atom. The molecule has 0 aliphatic heterocycles. The molecule has 0 spiro atoms. The van der Waals surface area contributed by atoms with Crippen molar-refractivity contribution in [3.8, 4) is 0 Å². The predicted molar refractivity (Wildman–Crippen MR) is 112 cm³/mol. The van der Waals surface area contributed by atoms with Gasteiger partial charge < -0.3 is 14.0 Å². The minimum absolute atomic E-state index is 0.000326. The number of rotatable bonds is 16. The van der Waals surface area contributed by atoms with Gasteiger partial charge in [0, 0.05) is 6.42 Å². The highest BCUT2D eigenvalue weighted by atomic mass is 19.4. The van der Waals surface area contributed by atoms with Crippen molar-refractivity contribution in [2.24, 2.45) is 5.92 Å². The molecule has 36 heavy (non-hydrogen) atoms. The summed E-state index contributed by atoms with van der Waals surface area (Å²) in [5.74, 6) is -23.3. The molecule has 0 N–H and O–H groups in total. The molecule has 0 saturated carbocycles. The first-order chi connectivity index (χ1) is 16.0. The van der Waals surface area contributed by atoms with Gasteiger partial charge in [0.25, 0.3) is 0 Å². The largest absolute Gasteiger partial charge is 0.473 e. The standard InChI is InChI=1S/C22H35F9NO4/c1-7-8-9-10-16(23)19(24,25)20(26,27)21(28,29)22(30,31)36-18(34)12-15(13-32(4,5)6)35-17(33)11-14(2)3/h14-16H,7-13H2,1-6H3/q+1. The molecule has 0 amide bonds. The predicted octanol–water partition coefficient (Wildman–Crippen LogP) is 6.00. The number of esters is 2. The number of likely N-dealkylation sites (N-methyl/N-ethyl adjacent to an activating group) is 1. The van der Waals surface area contributed by atoms with Crippen molar-refractivity contribution >= 4 is 11.9 Å². The van der Waals surface area contributed by atoms with Crippen LogP contribution in [-0.2, 0) is 19.1 Å². The van der Waals surface area contributed by atoms with Crippen LogP contribution in [0.25, 0.3) is 0 Å². The number of hydrogen-bond acceptors (Lipinski definition) is 4. The van der Waals surface area contributed by atoms with Crippen molar-refractivity contribution < 1.29 is 63.1 Å². The van der Waals surface area contributed by atoms with Crippen LogP contribution >= 0.6 is 0 Å². The number of alkyl halides is 9. The molecule has 2 unspecified atom stereocenters. The van der Waals surface area contributed by atoms with Gasteiger partial charge in [-0.1, -0.05) is 40.0 Å². The third-order valence-corrected chi connectivity index (χ3v) is 4.89. The van der Waals surface area contributed by atoms with Crippen LogP contribution in [0.1, 0.15) is 59.3 Å². The number of quaternary nitrogens is 1. The summed E-state index contributed by atoms with van der Waals surface area (Å²) in [4.78, 5) is 23.9. The van der Waals surface area contributed by atoms with E-state index < -0.39 is 60.9 Å². The van der Waals surface area contributed by atoms with Crippen LogP contribution in [0.3, 0.4) is 0 Å². The van der Waals surface area contributed by atoms with Gasteiger partial charge in [-0.3, -0.25) is 9.59 Å². The zero-order chi connectivity index (χ0) is 28.8. The molecule has 2 atom stereocenters. The van der Waals surface area contributed by atoms with E-state index in [4.69, 9.17) is 4.74 Å². The molecule has 0 aromatic rings. The van der Waals surface area contributed by atoms with E-state index in [9.17, 15) is 49.1 Å². The van der Waals surface area contributed by atoms with Gasteiger partial charge >= 0.3 is 35.8 Å². The molecule has 0 rings (SSSR count). The Kier molecular flexibility index (Phi) is 12.1. The highest BCUT2D eigenvalue weighted by molar-refractivity contribution is 5.73. The van der Waals surface area contributed by atoms with Crippen molar-refractivity contribution in [1.82, 2.24) is 0 Å². The lowest BCUT2D eigenvalue weighted by Gasteiger charge is -2.37. The van der Waals surface area contributed by atoms with Gasteiger partial charge in [0.1, 0.15) is 6.54 Å². The lowest BCUT2D eigenvalue weighted by molar-refractivity contribution is -0.873. The molecular formula is C22H35F9NO4+. The van der Waals surface area contributed by atoms with Crippen LogP contribution in [0.15, 0.2) is 0 Å². The number of carbonyl (C=O) groups is 2. The molecule has 14 heteroatoms. The Labute approximate surface area is 204 Å². The smallest absolute Gasteiger partial charge is 0.456 e. The SMILES string of the molecule is CCCCCC(F)C(F)(F)C(F)(F)C(F)(F)C(F)(F)OC(=O)CC(C[N+](C)(C)C)OC(=O)CC(C)C. The average molecular weight is 549 g/mol. The third-order valence-electron chi connectivity index (χ3n) is 4.89. The molecule has 0 aromatic heterocycles. The summed E-state index contributed by atoms with van der Waals surface area (Å²) in [6, 6.07) is 0. The molecule has 0 heterocycles. The van der Waals surface area contributed by atoms with E-state index >= 15 is 0 Å². The van der Waals surface area contributed by atoms with Crippen molar-refractivity contribution in [3.05, 3.63) is 0 Å². The van der Waals surface area contributed by atoms with Gasteiger partial charge in [0.05, 0.1) is 27.6 Å². The number of hydrogen-bond donors (Lipinski definition) is 0. The number of halogens is 9. The summed E-state index contributed by atoms with van der Waals surface area (Å²) in [5.41, 5.74) is 0. The minimum Gasteiger partial charge on any atom is -0.456 e. The maximum atomic E-state index is 14.0. The van der Waals surface area contributed by atoms with Gasteiger partial charge in [-0.2, -0.15) is 35.1 Å². The quantitative estimate of drug-likeness (QED) is 0.103. The Bertz CT molecular complexity index is 725. The number of ether oxygens (including phenoxy) is 2. The van der Waals surface area contributed by atoms with E-state index in [-0.39, 0.29) is 36.2 Å². The van der Waals surface area contributed by atoms with Crippen LogP contribution in [-0.4, -0.2) is 80.3 Å². The second-order valence-electron chi connectivity index (χ2n) is 10.1. The number of nitrogens with zero attached hydrogens (tertiary/aromatic N) is 1. The van der Waals surface area contributed by atoms with Crippen LogP contribution in [0.5, 0.6) is 0 Å². The molecule has 5 nitrogen and oxygen atoms in total. The summed E-state index contributed by atoms with van der Waals surface area (Å²) in [6.07, 6.45) is -14.3. The first kappa shape index (κ1) is 34.3. The fourth-order valence-corrected chi connectivity index (χ4v) is 3.10. The molecule has 0 radical (unpaired) electrons. The molecule has 0 aromatic carbocycles. The van der Waals surface area contributed by atoms with E-state index in [1.54, 1.807) is 41.9 Å². The summed E-state index contributed by atoms with van der Waals surface area (Å²) in [5, 5.41) is 0. The maximum absolute atomic E-state index is 14.0. The van der Waals surface area contributed by atoms with E-state index in [0.717, 1.165) is 0 Å². The van der Waals surface area contributed by atoms with Crippen molar-refractivity contribution in [3.63, 3.8) is 0 Å². The lowest BCUT2D eigenvalue weighted by atomic mass is 9.96. The van der Waals surface area contributed by atoms with Crippen LogP contribution in [0, 0.1) is 5.92 Å². The van der Waals surface area contributed by atoms with E-state index in [2.05, 4.69) is 4.74 Å². The normalized spacial score (nSPS) is 15.6. The van der Waals surface area contributed by atoms with Gasteiger partial charge in [0.2, 0.25) is 0 Å². The van der Waals surface area contributed by atoms with Crippen molar-refractivity contribution in [2.75, 3.05) is 27.7 Å². The fraction of sp³-hybridized carbons (Fsp3) is 0.909. The number of carbonyl (C=O) groups excluding carboxylic acids is 2. The second-order valence-corrected chi connectivity index (χ2v) is 10.1. The van der Waals surface area contributed by atoms with E-state index in [0.29, 0.717) is 6.42 Å². The van der Waals surface area contributed by atoms with Crippen molar-refractivity contribution in [2.45, 2.75) is 95.4 Å². The zero-order valence-electron chi connectivity index (χ0n) is 21.2. The summed E-state index contributed by atoms with van der Waals surface area (Å²) in [7, 11) is 4.65. The lowest BCUT2D eigenvalue weighted by Crippen LogP contribution is -2.65. The van der Waals surface area contributed by atoms with Gasteiger partial charge in [-0.05, 0) is 12.3 Å². The Balaban J connectivity index is 5.70. The Hall–Kier alpha value is -1.73. The summed E-state index contributed by atoms with van der Waals surface area (Å²) < 4.78 is 134. The van der Waals surface area contributed by atoms with Crippen LogP contribution < -0.4 is 0 Å². The molecular weight excluding hydrogens is 513 g/mol. The van der Waals surface area contributed by atoms with Gasteiger partial charge in [-0.25, -0.2) is 4.39 Å². The highest BCUT2D eigenvalue weighted by Crippen LogP contribution is 2.55. The zero-order valence-corrected chi connectivity index (χ0v) is 21.2. The summed E-state index contributed by atoms with van der Waals surface area (Å²) >= 11 is 0. The minimum atomic E-state index is -6.97. The molecule has 0 fully saturated rings. The Morgan fingerprint density at radius 1 is 0.833 bits per heavy atom. The van der Waals surface area contributed by atoms with E-state index in [1.807, 2.05) is 0 Å². The summed E-state index contributed by atoms with van der Waals surface area (Å²) in [6.45, 7) is 4.67. The molecule has 0 saturated heterocycles. The highest BCUT2D eigenvalue weighted by Gasteiger charge is 2.84. The Morgan fingerprint density at radius 3 is 1.81 bits per heavy atom. The van der Waals surface area contributed by atoms with E-state index in [1.165, 1.54) is 0 Å². The monoisotopic (exact) mass is 548 g/mol. The fourth-order valence-electron chi connectivity index (χ4n) is 3.10. The molecule has 214 valence electrons. The topological polar surface area (TPSA) is 52.6 Å². The molecule has 0 aliphatic rings.